The van der Waals surface area contributed by atoms with Crippen molar-refractivity contribution in [1.82, 2.24) is 20.1 Å². The predicted molar refractivity (Wildman–Crippen MR) is 108 cm³/mol. The Kier molecular flexibility index (Phi) is 5.87. The summed E-state index contributed by atoms with van der Waals surface area (Å²) in [5, 5.41) is 13.6. The maximum absolute atomic E-state index is 12.6. The van der Waals surface area contributed by atoms with Gasteiger partial charge in [-0.3, -0.25) is 9.36 Å². The molecule has 3 heterocycles. The molecular weight excluding hydrogens is 358 g/mol. The van der Waals surface area contributed by atoms with Crippen molar-refractivity contribution in [1.29, 1.82) is 0 Å². The highest BCUT2D eigenvalue weighted by atomic mass is 32.1. The van der Waals surface area contributed by atoms with Crippen LogP contribution in [-0.2, 0) is 4.79 Å². The number of hydrogen-bond donors (Lipinski definition) is 1. The molecule has 144 valence electrons. The number of anilines is 1. The molecule has 2 aromatic heterocycles. The molecule has 1 saturated heterocycles. The van der Waals surface area contributed by atoms with Crippen LogP contribution >= 0.6 is 11.3 Å². The highest BCUT2D eigenvalue weighted by Crippen LogP contribution is 2.28. The Balaban J connectivity index is 1.29. The number of piperidine rings is 1. The molecule has 1 fully saturated rings. The summed E-state index contributed by atoms with van der Waals surface area (Å²) in [6, 6.07) is 3.96. The van der Waals surface area contributed by atoms with Crippen molar-refractivity contribution in [2.45, 2.75) is 44.9 Å². The molecule has 0 aromatic carbocycles. The van der Waals surface area contributed by atoms with Gasteiger partial charge in [-0.05, 0) is 57.1 Å². The molecule has 2 aromatic rings. The van der Waals surface area contributed by atoms with Crippen molar-refractivity contribution in [2.75, 3.05) is 24.5 Å². The third kappa shape index (κ3) is 4.58. The van der Waals surface area contributed by atoms with E-state index >= 15 is 0 Å². The minimum absolute atomic E-state index is 0.0398. The van der Waals surface area contributed by atoms with Crippen LogP contribution in [0.1, 0.15) is 44.9 Å². The monoisotopic (exact) mass is 385 g/mol. The van der Waals surface area contributed by atoms with Gasteiger partial charge in [0.05, 0.1) is 5.92 Å². The molecule has 0 saturated carbocycles. The number of rotatable bonds is 6. The van der Waals surface area contributed by atoms with Gasteiger partial charge in [-0.15, -0.1) is 10.2 Å². The zero-order valence-electron chi connectivity index (χ0n) is 15.6. The summed E-state index contributed by atoms with van der Waals surface area (Å²) >= 11 is 1.58. The first-order chi connectivity index (χ1) is 13.3. The molecule has 1 aliphatic heterocycles. The van der Waals surface area contributed by atoms with E-state index in [0.29, 0.717) is 0 Å². The van der Waals surface area contributed by atoms with Gasteiger partial charge in [-0.2, -0.15) is 0 Å². The third-order valence-corrected chi connectivity index (χ3v) is 6.42. The fraction of sp³-hybridized carbons (Fsp3) is 0.550. The zero-order valence-corrected chi connectivity index (χ0v) is 16.5. The maximum atomic E-state index is 12.6. The topological polar surface area (TPSA) is 63.1 Å². The van der Waals surface area contributed by atoms with Crippen LogP contribution in [0.15, 0.2) is 36.2 Å². The Hall–Kier alpha value is -2.15. The number of hydrogen-bond acceptors (Lipinski definition) is 5. The highest BCUT2D eigenvalue weighted by molar-refractivity contribution is 7.17. The zero-order chi connectivity index (χ0) is 18.5. The molecule has 7 heteroatoms. The van der Waals surface area contributed by atoms with E-state index in [-0.39, 0.29) is 11.8 Å². The molecule has 0 unspecified atom stereocenters. The molecule has 2 aliphatic rings. The number of aromatic nitrogens is 3. The van der Waals surface area contributed by atoms with E-state index in [4.69, 9.17) is 0 Å². The van der Waals surface area contributed by atoms with Gasteiger partial charge in [0, 0.05) is 32.0 Å². The van der Waals surface area contributed by atoms with Crippen LogP contribution in [0.2, 0.25) is 0 Å². The SMILES string of the molecule is O=C(NCCC1=CCCCC1)[C@H]1CCCN(c2nnc(-n3cccc3)s2)C1. The molecule has 1 N–H and O–H groups in total. The molecule has 1 amide bonds. The summed E-state index contributed by atoms with van der Waals surface area (Å²) in [5.41, 5.74) is 1.51. The van der Waals surface area contributed by atoms with Crippen LogP contribution in [0.25, 0.3) is 5.13 Å². The van der Waals surface area contributed by atoms with E-state index in [1.807, 2.05) is 29.1 Å². The van der Waals surface area contributed by atoms with Crippen LogP contribution in [0, 0.1) is 5.92 Å². The number of nitrogens with one attached hydrogen (secondary N) is 1. The lowest BCUT2D eigenvalue weighted by Gasteiger charge is -2.31. The molecule has 0 radical (unpaired) electrons. The lowest BCUT2D eigenvalue weighted by atomic mass is 9.96. The number of amides is 1. The van der Waals surface area contributed by atoms with Crippen LogP contribution in [0.4, 0.5) is 5.13 Å². The third-order valence-electron chi connectivity index (χ3n) is 5.42. The Morgan fingerprint density at radius 2 is 2.04 bits per heavy atom. The number of carbonyl (C=O) groups is 1. The molecule has 4 rings (SSSR count). The van der Waals surface area contributed by atoms with Crippen molar-refractivity contribution < 1.29 is 4.79 Å². The maximum Gasteiger partial charge on any atom is 0.224 e. The fourth-order valence-corrected chi connectivity index (χ4v) is 4.74. The first-order valence-electron chi connectivity index (χ1n) is 9.97. The molecule has 1 aliphatic carbocycles. The summed E-state index contributed by atoms with van der Waals surface area (Å²) in [6.07, 6.45) is 14.3. The summed E-state index contributed by atoms with van der Waals surface area (Å²) in [7, 11) is 0. The van der Waals surface area contributed by atoms with Gasteiger partial charge in [0.1, 0.15) is 0 Å². The van der Waals surface area contributed by atoms with Crippen LogP contribution in [0.3, 0.4) is 0 Å². The summed E-state index contributed by atoms with van der Waals surface area (Å²) < 4.78 is 1.97. The number of carbonyl (C=O) groups excluding carboxylic acids is 1. The van der Waals surface area contributed by atoms with Gasteiger partial charge in [-0.1, -0.05) is 23.0 Å². The molecule has 27 heavy (non-hydrogen) atoms. The standard InChI is InChI=1S/C20H27N5OS/c26-18(21-11-10-16-7-2-1-3-8-16)17-9-6-14-25(15-17)20-23-22-19(27-20)24-12-4-5-13-24/h4-5,7,12-13,17H,1-3,6,8-11,14-15H2,(H,21,26)/t17-/m0/s1. The van der Waals surface area contributed by atoms with Crippen molar-refractivity contribution in [3.63, 3.8) is 0 Å². The Labute approximate surface area is 164 Å². The minimum atomic E-state index is 0.0398. The average Bonchev–Trinajstić information content (AvgIpc) is 3.40. The average molecular weight is 386 g/mol. The van der Waals surface area contributed by atoms with Gasteiger partial charge in [0.2, 0.25) is 16.2 Å². The molecule has 0 bridgehead atoms. The second-order valence-electron chi connectivity index (χ2n) is 7.39. The number of nitrogens with zero attached hydrogens (tertiary/aromatic N) is 4. The summed E-state index contributed by atoms with van der Waals surface area (Å²) in [4.78, 5) is 14.8. The van der Waals surface area contributed by atoms with Gasteiger partial charge in [0.25, 0.3) is 0 Å². The van der Waals surface area contributed by atoms with Crippen molar-refractivity contribution in [2.24, 2.45) is 5.92 Å². The van der Waals surface area contributed by atoms with Crippen molar-refractivity contribution >= 4 is 22.4 Å². The van der Waals surface area contributed by atoms with Crippen LogP contribution in [0.5, 0.6) is 0 Å². The van der Waals surface area contributed by atoms with E-state index in [0.717, 1.165) is 49.2 Å². The van der Waals surface area contributed by atoms with E-state index in [1.54, 1.807) is 11.3 Å². The Morgan fingerprint density at radius 3 is 2.85 bits per heavy atom. The van der Waals surface area contributed by atoms with Gasteiger partial charge in [0.15, 0.2) is 0 Å². The van der Waals surface area contributed by atoms with Crippen molar-refractivity contribution in [3.05, 3.63) is 36.2 Å². The quantitative estimate of drug-likeness (QED) is 0.773. The Morgan fingerprint density at radius 1 is 1.19 bits per heavy atom. The highest BCUT2D eigenvalue weighted by Gasteiger charge is 2.27. The first kappa shape index (κ1) is 18.2. The summed E-state index contributed by atoms with van der Waals surface area (Å²) in [5.74, 6) is 0.226. The van der Waals surface area contributed by atoms with E-state index in [1.165, 1.54) is 31.3 Å². The number of allylic oxidation sites excluding steroid dienone is 1. The molecule has 1 atom stereocenters. The fourth-order valence-electron chi connectivity index (χ4n) is 3.89. The molecular formula is C20H27N5OS. The lowest BCUT2D eigenvalue weighted by molar-refractivity contribution is -0.125. The summed E-state index contributed by atoms with van der Waals surface area (Å²) in [6.45, 7) is 2.43. The lowest BCUT2D eigenvalue weighted by Crippen LogP contribution is -2.43. The second kappa shape index (κ2) is 8.69. The van der Waals surface area contributed by atoms with Crippen LogP contribution in [-0.4, -0.2) is 40.3 Å². The smallest absolute Gasteiger partial charge is 0.224 e. The largest absolute Gasteiger partial charge is 0.355 e. The minimum Gasteiger partial charge on any atom is -0.355 e. The van der Waals surface area contributed by atoms with Crippen molar-refractivity contribution in [3.8, 4) is 5.13 Å². The van der Waals surface area contributed by atoms with E-state index in [9.17, 15) is 4.79 Å². The second-order valence-corrected chi connectivity index (χ2v) is 8.33. The first-order valence-corrected chi connectivity index (χ1v) is 10.8. The van der Waals surface area contributed by atoms with E-state index < -0.39 is 0 Å². The molecule has 0 spiro atoms. The van der Waals surface area contributed by atoms with E-state index in [2.05, 4.69) is 26.5 Å². The normalized spacial score (nSPS) is 20.4. The molecule has 6 nitrogen and oxygen atoms in total. The van der Waals surface area contributed by atoms with Gasteiger partial charge in [-0.25, -0.2) is 0 Å². The van der Waals surface area contributed by atoms with Crippen LogP contribution < -0.4 is 10.2 Å². The van der Waals surface area contributed by atoms with Gasteiger partial charge >= 0.3 is 0 Å². The Bertz CT molecular complexity index is 782. The van der Waals surface area contributed by atoms with Gasteiger partial charge < -0.3 is 10.2 Å². The predicted octanol–water partition coefficient (Wildman–Crippen LogP) is 3.55.